The largest absolute Gasteiger partial charge is 0.416 e. The van der Waals surface area contributed by atoms with Gasteiger partial charge in [0.15, 0.2) is 0 Å². The van der Waals surface area contributed by atoms with Gasteiger partial charge in [0.05, 0.1) is 5.56 Å². The quantitative estimate of drug-likeness (QED) is 0.734. The number of amides is 4. The first-order chi connectivity index (χ1) is 13.6. The summed E-state index contributed by atoms with van der Waals surface area (Å²) in [4.78, 5) is 38.9. The highest BCUT2D eigenvalue weighted by atomic mass is 19.4. The number of carbonyl (C=O) groups is 3. The molecule has 1 aromatic rings. The van der Waals surface area contributed by atoms with Gasteiger partial charge in [-0.3, -0.25) is 14.9 Å². The van der Waals surface area contributed by atoms with E-state index in [1.165, 1.54) is 11.0 Å². The molecule has 1 unspecified atom stereocenters. The van der Waals surface area contributed by atoms with Crippen LogP contribution in [0.2, 0.25) is 0 Å². The Morgan fingerprint density at radius 1 is 1.24 bits per heavy atom. The predicted octanol–water partition coefficient (Wildman–Crippen LogP) is 2.95. The molecule has 4 amide bonds. The minimum absolute atomic E-state index is 0.0147. The number of hydrogen-bond donors (Lipinski definition) is 2. The van der Waals surface area contributed by atoms with Gasteiger partial charge in [0.2, 0.25) is 5.91 Å². The number of alkyl halides is 3. The second kappa shape index (κ2) is 6.74. The smallest absolute Gasteiger partial charge is 0.334 e. The van der Waals surface area contributed by atoms with Gasteiger partial charge in [-0.2, -0.15) is 13.2 Å². The van der Waals surface area contributed by atoms with Crippen LogP contribution in [-0.4, -0.2) is 28.3 Å². The lowest BCUT2D eigenvalue weighted by Gasteiger charge is -2.31. The van der Waals surface area contributed by atoms with Crippen LogP contribution >= 0.6 is 0 Å². The van der Waals surface area contributed by atoms with Crippen LogP contribution in [0.15, 0.2) is 18.2 Å². The zero-order valence-corrected chi connectivity index (χ0v) is 15.9. The molecule has 1 saturated carbocycles. The Hall–Kier alpha value is -2.58. The maximum absolute atomic E-state index is 13.1. The van der Waals surface area contributed by atoms with E-state index in [2.05, 4.69) is 10.6 Å². The second-order valence-corrected chi connectivity index (χ2v) is 8.14. The van der Waals surface area contributed by atoms with Crippen molar-refractivity contribution in [2.24, 2.45) is 11.8 Å². The molecule has 2 heterocycles. The molecule has 2 N–H and O–H groups in total. The summed E-state index contributed by atoms with van der Waals surface area (Å²) < 4.78 is 38.9. The molecule has 1 aromatic carbocycles. The van der Waals surface area contributed by atoms with E-state index in [1.807, 2.05) is 6.92 Å². The number of urea groups is 1. The number of halogens is 3. The first-order valence-electron chi connectivity index (χ1n) is 9.75. The monoisotopic (exact) mass is 409 g/mol. The van der Waals surface area contributed by atoms with Crippen LogP contribution in [-0.2, 0) is 28.9 Å². The van der Waals surface area contributed by atoms with Crippen LogP contribution in [0.4, 0.5) is 18.0 Å². The van der Waals surface area contributed by atoms with E-state index >= 15 is 0 Å². The highest BCUT2D eigenvalue weighted by Gasteiger charge is 2.57. The lowest BCUT2D eigenvalue weighted by atomic mass is 9.81. The first-order valence-corrected chi connectivity index (χ1v) is 9.75. The molecule has 0 aromatic heterocycles. The summed E-state index contributed by atoms with van der Waals surface area (Å²) in [6, 6.07) is 3.00. The van der Waals surface area contributed by atoms with Gasteiger partial charge < -0.3 is 10.2 Å². The van der Waals surface area contributed by atoms with Crippen LogP contribution in [0, 0.1) is 11.8 Å². The fourth-order valence-corrected chi connectivity index (χ4v) is 4.46. The molecule has 4 rings (SSSR count). The first kappa shape index (κ1) is 19.7. The van der Waals surface area contributed by atoms with Gasteiger partial charge in [0, 0.05) is 19.0 Å². The lowest BCUT2D eigenvalue weighted by molar-refractivity contribution is -0.138. The van der Waals surface area contributed by atoms with Crippen molar-refractivity contribution in [1.29, 1.82) is 0 Å². The highest BCUT2D eigenvalue weighted by molar-refractivity contribution is 6.07. The van der Waals surface area contributed by atoms with Crippen molar-refractivity contribution in [2.45, 2.75) is 57.4 Å². The Bertz CT molecular complexity index is 881. The molecule has 2 aliphatic heterocycles. The third-order valence-electron chi connectivity index (χ3n) is 6.22. The number of rotatable bonds is 5. The Balaban J connectivity index is 1.51. The molecule has 0 bridgehead atoms. The van der Waals surface area contributed by atoms with E-state index in [0.717, 1.165) is 25.0 Å². The lowest BCUT2D eigenvalue weighted by Crippen LogP contribution is -2.52. The number of nitrogens with zero attached hydrogens (tertiary/aromatic N) is 1. The summed E-state index contributed by atoms with van der Waals surface area (Å²) in [6.07, 6.45) is -2.13. The average Bonchev–Trinajstić information content (AvgIpc) is 3.35. The standard InChI is InChI=1S/C20H22F3N3O3/c1-2-11(8-19(14-5-6-14)17(28)24-18(29)25-19)16(27)26-9-12-3-4-15(20(21,22)23)7-13(12)10-26/h3-4,7,11,14H,2,5-6,8-10H2,1H3,(H2,24,25,28,29)/t11?,19-/m0/s1. The Labute approximate surface area is 165 Å². The van der Waals surface area contributed by atoms with Gasteiger partial charge in [-0.05, 0) is 54.9 Å². The normalized spacial score (nSPS) is 24.9. The minimum Gasteiger partial charge on any atom is -0.334 e. The van der Waals surface area contributed by atoms with Crippen molar-refractivity contribution in [1.82, 2.24) is 15.5 Å². The number of benzene rings is 1. The van der Waals surface area contributed by atoms with Crippen molar-refractivity contribution in [2.75, 3.05) is 0 Å². The zero-order valence-electron chi connectivity index (χ0n) is 15.9. The maximum atomic E-state index is 13.1. The van der Waals surface area contributed by atoms with Crippen molar-refractivity contribution < 1.29 is 27.6 Å². The van der Waals surface area contributed by atoms with E-state index in [9.17, 15) is 27.6 Å². The molecule has 2 atom stereocenters. The van der Waals surface area contributed by atoms with Gasteiger partial charge in [-0.1, -0.05) is 13.0 Å². The zero-order chi connectivity index (χ0) is 21.0. The Morgan fingerprint density at radius 3 is 2.48 bits per heavy atom. The fourth-order valence-electron chi connectivity index (χ4n) is 4.46. The second-order valence-electron chi connectivity index (χ2n) is 8.14. The average molecular weight is 409 g/mol. The SMILES string of the molecule is CCC(C[C@@]1(C2CC2)NC(=O)NC1=O)C(=O)N1Cc2ccc(C(F)(F)F)cc2C1. The summed E-state index contributed by atoms with van der Waals surface area (Å²) >= 11 is 0. The topological polar surface area (TPSA) is 78.5 Å². The van der Waals surface area contributed by atoms with E-state index in [4.69, 9.17) is 0 Å². The molecular weight excluding hydrogens is 387 g/mol. The molecule has 1 aliphatic carbocycles. The van der Waals surface area contributed by atoms with E-state index in [1.54, 1.807) is 0 Å². The third-order valence-corrected chi connectivity index (χ3v) is 6.22. The highest BCUT2D eigenvalue weighted by Crippen LogP contribution is 2.45. The van der Waals surface area contributed by atoms with Crippen LogP contribution in [0.3, 0.4) is 0 Å². The van der Waals surface area contributed by atoms with E-state index in [0.29, 0.717) is 17.5 Å². The number of hydrogen-bond acceptors (Lipinski definition) is 3. The van der Waals surface area contributed by atoms with Crippen LogP contribution < -0.4 is 10.6 Å². The molecule has 2 fully saturated rings. The number of nitrogens with one attached hydrogen (secondary N) is 2. The number of fused-ring (bicyclic) bond motifs is 1. The summed E-state index contributed by atoms with van der Waals surface area (Å²) in [6.45, 7) is 2.20. The van der Waals surface area contributed by atoms with E-state index < -0.39 is 35.1 Å². The van der Waals surface area contributed by atoms with Gasteiger partial charge >= 0.3 is 12.2 Å². The maximum Gasteiger partial charge on any atom is 0.416 e. The molecule has 156 valence electrons. The van der Waals surface area contributed by atoms with Gasteiger partial charge in [-0.15, -0.1) is 0 Å². The van der Waals surface area contributed by atoms with Crippen LogP contribution in [0.1, 0.15) is 49.3 Å². The molecule has 0 spiro atoms. The van der Waals surface area contributed by atoms with Gasteiger partial charge in [-0.25, -0.2) is 4.79 Å². The van der Waals surface area contributed by atoms with Crippen molar-refractivity contribution in [3.05, 3.63) is 34.9 Å². The van der Waals surface area contributed by atoms with E-state index in [-0.39, 0.29) is 31.3 Å². The van der Waals surface area contributed by atoms with Crippen LogP contribution in [0.25, 0.3) is 0 Å². The fraction of sp³-hybridized carbons (Fsp3) is 0.550. The molecule has 29 heavy (non-hydrogen) atoms. The third kappa shape index (κ3) is 3.47. The summed E-state index contributed by atoms with van der Waals surface area (Å²) in [7, 11) is 0. The van der Waals surface area contributed by atoms with Gasteiger partial charge in [0.1, 0.15) is 5.54 Å². The molecule has 0 radical (unpaired) electrons. The van der Waals surface area contributed by atoms with Gasteiger partial charge in [0.25, 0.3) is 5.91 Å². The van der Waals surface area contributed by atoms with Crippen molar-refractivity contribution >= 4 is 17.8 Å². The molecule has 6 nitrogen and oxygen atoms in total. The Morgan fingerprint density at radius 2 is 1.93 bits per heavy atom. The minimum atomic E-state index is -4.43. The molecular formula is C20H22F3N3O3. The number of imide groups is 1. The predicted molar refractivity (Wildman–Crippen MR) is 96.2 cm³/mol. The van der Waals surface area contributed by atoms with Crippen molar-refractivity contribution in [3.8, 4) is 0 Å². The summed E-state index contributed by atoms with van der Waals surface area (Å²) in [5.41, 5.74) is -0.601. The van der Waals surface area contributed by atoms with Crippen LogP contribution in [0.5, 0.6) is 0 Å². The molecule has 9 heteroatoms. The summed E-state index contributed by atoms with van der Waals surface area (Å²) in [5.74, 6) is -1.08. The summed E-state index contributed by atoms with van der Waals surface area (Å²) in [5, 5.41) is 5.02. The molecule has 3 aliphatic rings. The molecule has 1 saturated heterocycles. The Kier molecular flexibility index (Phi) is 4.59. The van der Waals surface area contributed by atoms with Crippen molar-refractivity contribution in [3.63, 3.8) is 0 Å². The number of carbonyl (C=O) groups excluding carboxylic acids is 3.